The smallest absolute Gasteiger partial charge is 0.312 e. The van der Waals surface area contributed by atoms with Crippen LogP contribution in [0.5, 0.6) is 0 Å². The molecule has 1 fully saturated rings. The number of carbonyl (C=O) groups is 1. The number of nitrogens with two attached hydrogens (primary N) is 1. The Bertz CT molecular complexity index is 710. The minimum Gasteiger partial charge on any atom is -0.466 e. The van der Waals surface area contributed by atoms with Crippen molar-refractivity contribution < 1.29 is 9.53 Å². The topological polar surface area (TPSA) is 55.6 Å². The largest absolute Gasteiger partial charge is 0.466 e. The number of benzene rings is 2. The van der Waals surface area contributed by atoms with Crippen molar-refractivity contribution in [2.75, 3.05) is 26.2 Å². The number of hydrogen-bond acceptors (Lipinski definition) is 4. The Hall–Kier alpha value is -2.17. The van der Waals surface area contributed by atoms with Gasteiger partial charge in [0.15, 0.2) is 0 Å². The van der Waals surface area contributed by atoms with Crippen molar-refractivity contribution in [1.29, 1.82) is 0 Å². The highest BCUT2D eigenvalue weighted by Gasteiger charge is 2.48. The number of esters is 1. The van der Waals surface area contributed by atoms with Crippen LogP contribution < -0.4 is 5.73 Å². The van der Waals surface area contributed by atoms with Crippen molar-refractivity contribution in [3.63, 3.8) is 0 Å². The van der Waals surface area contributed by atoms with Gasteiger partial charge in [0, 0.05) is 19.0 Å². The molecule has 0 saturated carbocycles. The Morgan fingerprint density at radius 1 is 1.07 bits per heavy atom. The SMILES string of the molecule is CCOC(=O)C1(C(CN)c2ccccc2)CCN(Cc2ccccc2)CC1. The summed E-state index contributed by atoms with van der Waals surface area (Å²) in [7, 11) is 0. The second-order valence-electron chi connectivity index (χ2n) is 7.34. The Morgan fingerprint density at radius 3 is 2.22 bits per heavy atom. The summed E-state index contributed by atoms with van der Waals surface area (Å²) in [5.74, 6) is -0.111. The fraction of sp³-hybridized carbons (Fsp3) is 0.435. The minimum atomic E-state index is -0.542. The number of likely N-dealkylation sites (tertiary alicyclic amines) is 1. The van der Waals surface area contributed by atoms with E-state index in [4.69, 9.17) is 10.5 Å². The number of rotatable bonds is 7. The molecule has 0 amide bonds. The van der Waals surface area contributed by atoms with Gasteiger partial charge in [-0.1, -0.05) is 60.7 Å². The predicted molar refractivity (Wildman–Crippen MR) is 108 cm³/mol. The standard InChI is InChI=1S/C23H30N2O2/c1-2-27-22(26)23(21(17-24)20-11-7-4-8-12-20)13-15-25(16-14-23)18-19-9-5-3-6-10-19/h3-12,21H,2,13-18,24H2,1H3. The lowest BCUT2D eigenvalue weighted by Crippen LogP contribution is -2.49. The zero-order valence-corrected chi connectivity index (χ0v) is 16.1. The van der Waals surface area contributed by atoms with Gasteiger partial charge in [-0.05, 0) is 44.0 Å². The molecule has 1 unspecified atom stereocenters. The van der Waals surface area contributed by atoms with Gasteiger partial charge < -0.3 is 10.5 Å². The lowest BCUT2D eigenvalue weighted by atomic mass is 9.66. The summed E-state index contributed by atoms with van der Waals surface area (Å²) in [5.41, 5.74) is 8.08. The van der Waals surface area contributed by atoms with Gasteiger partial charge in [0.1, 0.15) is 0 Å². The molecule has 2 aromatic carbocycles. The molecule has 3 rings (SSSR count). The molecular weight excluding hydrogens is 336 g/mol. The lowest BCUT2D eigenvalue weighted by Gasteiger charge is -2.44. The van der Waals surface area contributed by atoms with Crippen molar-refractivity contribution >= 4 is 5.97 Å². The number of carbonyl (C=O) groups excluding carboxylic acids is 1. The zero-order chi connectivity index (χ0) is 19.1. The first kappa shape index (κ1) is 19.6. The molecule has 1 saturated heterocycles. The molecule has 0 radical (unpaired) electrons. The Labute approximate surface area is 162 Å². The molecule has 1 heterocycles. The van der Waals surface area contributed by atoms with E-state index in [1.54, 1.807) is 0 Å². The van der Waals surface area contributed by atoms with Crippen molar-refractivity contribution in [3.8, 4) is 0 Å². The molecule has 1 aliphatic heterocycles. The molecule has 1 aliphatic rings. The summed E-state index contributed by atoms with van der Waals surface area (Å²) in [6.07, 6.45) is 1.55. The third kappa shape index (κ3) is 4.40. The van der Waals surface area contributed by atoms with Crippen molar-refractivity contribution in [1.82, 2.24) is 4.90 Å². The van der Waals surface area contributed by atoms with E-state index in [1.807, 2.05) is 31.2 Å². The second kappa shape index (κ2) is 9.16. The van der Waals surface area contributed by atoms with Gasteiger partial charge in [0.05, 0.1) is 12.0 Å². The van der Waals surface area contributed by atoms with Crippen LogP contribution in [-0.4, -0.2) is 37.1 Å². The predicted octanol–water partition coefficient (Wildman–Crippen LogP) is 3.57. The van der Waals surface area contributed by atoms with Gasteiger partial charge in [-0.3, -0.25) is 9.69 Å². The van der Waals surface area contributed by atoms with Crippen LogP contribution in [0.3, 0.4) is 0 Å². The number of ether oxygens (including phenoxy) is 1. The maximum Gasteiger partial charge on any atom is 0.312 e. The van der Waals surface area contributed by atoms with Crippen LogP contribution in [0.4, 0.5) is 0 Å². The summed E-state index contributed by atoms with van der Waals surface area (Å²) in [6, 6.07) is 20.7. The van der Waals surface area contributed by atoms with Crippen LogP contribution in [0.15, 0.2) is 60.7 Å². The van der Waals surface area contributed by atoms with E-state index in [0.717, 1.165) is 38.0 Å². The molecule has 2 aromatic rings. The normalized spacial score (nSPS) is 18.0. The summed E-state index contributed by atoms with van der Waals surface area (Å²) in [6.45, 7) is 5.38. The Balaban J connectivity index is 1.80. The number of hydrogen-bond donors (Lipinski definition) is 1. The van der Waals surface area contributed by atoms with Gasteiger partial charge in [0.2, 0.25) is 0 Å². The molecule has 0 spiro atoms. The van der Waals surface area contributed by atoms with Crippen LogP contribution in [0.25, 0.3) is 0 Å². The van der Waals surface area contributed by atoms with Crippen LogP contribution >= 0.6 is 0 Å². The maximum atomic E-state index is 13.1. The molecular formula is C23H30N2O2. The van der Waals surface area contributed by atoms with Crippen LogP contribution in [-0.2, 0) is 16.1 Å². The molecule has 27 heavy (non-hydrogen) atoms. The van der Waals surface area contributed by atoms with Crippen molar-refractivity contribution in [2.24, 2.45) is 11.1 Å². The molecule has 2 N–H and O–H groups in total. The third-order valence-electron chi connectivity index (χ3n) is 5.78. The summed E-state index contributed by atoms with van der Waals surface area (Å²) in [4.78, 5) is 15.5. The third-order valence-corrected chi connectivity index (χ3v) is 5.78. The molecule has 4 heteroatoms. The van der Waals surface area contributed by atoms with Gasteiger partial charge >= 0.3 is 5.97 Å². The molecule has 0 aromatic heterocycles. The Morgan fingerprint density at radius 2 is 1.67 bits per heavy atom. The fourth-order valence-electron chi connectivity index (χ4n) is 4.29. The number of piperidine rings is 1. The minimum absolute atomic E-state index is 0.0170. The summed E-state index contributed by atoms with van der Waals surface area (Å²) >= 11 is 0. The number of nitrogens with zero attached hydrogens (tertiary/aromatic N) is 1. The highest BCUT2D eigenvalue weighted by Crippen LogP contribution is 2.45. The highest BCUT2D eigenvalue weighted by atomic mass is 16.5. The van der Waals surface area contributed by atoms with E-state index < -0.39 is 5.41 Å². The van der Waals surface area contributed by atoms with E-state index in [-0.39, 0.29) is 11.9 Å². The van der Waals surface area contributed by atoms with Crippen molar-refractivity contribution in [2.45, 2.75) is 32.2 Å². The van der Waals surface area contributed by atoms with E-state index >= 15 is 0 Å². The summed E-state index contributed by atoms with van der Waals surface area (Å²) < 4.78 is 5.53. The quantitative estimate of drug-likeness (QED) is 0.761. The van der Waals surface area contributed by atoms with Gasteiger partial charge in [-0.15, -0.1) is 0 Å². The van der Waals surface area contributed by atoms with Gasteiger partial charge in [0.25, 0.3) is 0 Å². The molecule has 144 valence electrons. The van der Waals surface area contributed by atoms with E-state index in [0.29, 0.717) is 13.2 Å². The van der Waals surface area contributed by atoms with Crippen molar-refractivity contribution in [3.05, 3.63) is 71.8 Å². The van der Waals surface area contributed by atoms with Gasteiger partial charge in [-0.25, -0.2) is 0 Å². The summed E-state index contributed by atoms with van der Waals surface area (Å²) in [5, 5.41) is 0. The maximum absolute atomic E-state index is 13.1. The Kier molecular flexibility index (Phi) is 6.64. The average Bonchev–Trinajstić information content (AvgIpc) is 2.72. The van der Waals surface area contributed by atoms with E-state index in [1.165, 1.54) is 5.56 Å². The monoisotopic (exact) mass is 366 g/mol. The molecule has 0 aliphatic carbocycles. The lowest BCUT2D eigenvalue weighted by molar-refractivity contribution is -0.160. The highest BCUT2D eigenvalue weighted by molar-refractivity contribution is 5.78. The average molecular weight is 367 g/mol. The molecule has 1 atom stereocenters. The van der Waals surface area contributed by atoms with Crippen LogP contribution in [0.1, 0.15) is 36.8 Å². The zero-order valence-electron chi connectivity index (χ0n) is 16.1. The van der Waals surface area contributed by atoms with Crippen LogP contribution in [0.2, 0.25) is 0 Å². The molecule has 4 nitrogen and oxygen atoms in total. The van der Waals surface area contributed by atoms with Gasteiger partial charge in [-0.2, -0.15) is 0 Å². The van der Waals surface area contributed by atoms with E-state index in [9.17, 15) is 4.79 Å². The second-order valence-corrected chi connectivity index (χ2v) is 7.34. The fourth-order valence-corrected chi connectivity index (χ4v) is 4.29. The van der Waals surface area contributed by atoms with Crippen LogP contribution in [0, 0.1) is 5.41 Å². The first-order valence-electron chi connectivity index (χ1n) is 9.88. The molecule has 0 bridgehead atoms. The first-order valence-corrected chi connectivity index (χ1v) is 9.88. The first-order chi connectivity index (χ1) is 13.2. The van der Waals surface area contributed by atoms with E-state index in [2.05, 4.69) is 41.3 Å².